The van der Waals surface area contributed by atoms with Gasteiger partial charge < -0.3 is 10.2 Å². The Morgan fingerprint density at radius 2 is 2.00 bits per heavy atom. The van der Waals surface area contributed by atoms with Gasteiger partial charge in [0.15, 0.2) is 5.96 Å². The van der Waals surface area contributed by atoms with Crippen LogP contribution >= 0.6 is 24.0 Å². The predicted molar refractivity (Wildman–Crippen MR) is 113 cm³/mol. The van der Waals surface area contributed by atoms with Crippen molar-refractivity contribution in [1.29, 1.82) is 0 Å². The maximum atomic E-state index is 13.3. The first-order valence-electron chi connectivity index (χ1n) is 7.86. The fourth-order valence-electron chi connectivity index (χ4n) is 2.24. The Bertz CT molecular complexity index is 678. The number of sulfone groups is 1. The second kappa shape index (κ2) is 10.3. The quantitative estimate of drug-likeness (QED) is 0.367. The molecule has 8 heteroatoms. The standard InChI is InChI=1S/C17H28FN3O2S.HI/c1-17(2,9-10-24(5,22)23)13-20-16(19-3)21(4)12-14-7-6-8-15(18)11-14;/h6-8,11H,9-10,12-13H2,1-5H3,(H,19,20);1H. The minimum Gasteiger partial charge on any atom is -0.356 e. The Morgan fingerprint density at radius 3 is 2.52 bits per heavy atom. The minimum atomic E-state index is -2.97. The molecule has 1 aromatic carbocycles. The summed E-state index contributed by atoms with van der Waals surface area (Å²) in [6.45, 7) is 5.17. The summed E-state index contributed by atoms with van der Waals surface area (Å²) in [4.78, 5) is 6.14. The molecular formula is C17H29FIN3O2S. The third kappa shape index (κ3) is 9.98. The molecule has 25 heavy (non-hydrogen) atoms. The van der Waals surface area contributed by atoms with E-state index in [9.17, 15) is 12.8 Å². The first kappa shape index (κ1) is 24.1. The van der Waals surface area contributed by atoms with E-state index in [0.29, 0.717) is 25.5 Å². The van der Waals surface area contributed by atoms with Crippen molar-refractivity contribution in [3.63, 3.8) is 0 Å². The zero-order valence-corrected chi connectivity index (χ0v) is 18.7. The summed E-state index contributed by atoms with van der Waals surface area (Å²) < 4.78 is 35.9. The van der Waals surface area contributed by atoms with Gasteiger partial charge in [-0.3, -0.25) is 4.99 Å². The molecule has 0 aliphatic rings. The maximum Gasteiger partial charge on any atom is 0.193 e. The van der Waals surface area contributed by atoms with Gasteiger partial charge in [0.25, 0.3) is 0 Å². The average molecular weight is 485 g/mol. The number of halogens is 2. The van der Waals surface area contributed by atoms with Crippen LogP contribution in [-0.4, -0.2) is 51.9 Å². The van der Waals surface area contributed by atoms with Crippen LogP contribution in [0.25, 0.3) is 0 Å². The molecule has 0 heterocycles. The predicted octanol–water partition coefficient (Wildman–Crippen LogP) is 2.91. The molecule has 1 N–H and O–H groups in total. The lowest BCUT2D eigenvalue weighted by molar-refractivity contribution is 0.340. The third-order valence-electron chi connectivity index (χ3n) is 3.76. The van der Waals surface area contributed by atoms with Crippen molar-refractivity contribution in [3.05, 3.63) is 35.6 Å². The van der Waals surface area contributed by atoms with E-state index in [2.05, 4.69) is 10.3 Å². The summed E-state index contributed by atoms with van der Waals surface area (Å²) in [5.74, 6) is 0.594. The van der Waals surface area contributed by atoms with Gasteiger partial charge in [0.2, 0.25) is 0 Å². The Hall–Kier alpha value is -0.900. The summed E-state index contributed by atoms with van der Waals surface area (Å²) in [6, 6.07) is 6.46. The number of benzene rings is 1. The van der Waals surface area contributed by atoms with E-state index in [1.807, 2.05) is 31.9 Å². The summed E-state index contributed by atoms with van der Waals surface area (Å²) in [5, 5.41) is 3.27. The second-order valence-corrected chi connectivity index (χ2v) is 9.19. The smallest absolute Gasteiger partial charge is 0.193 e. The van der Waals surface area contributed by atoms with Gasteiger partial charge in [-0.1, -0.05) is 26.0 Å². The van der Waals surface area contributed by atoms with Crippen molar-refractivity contribution >= 4 is 39.8 Å². The van der Waals surface area contributed by atoms with Crippen molar-refractivity contribution in [2.45, 2.75) is 26.8 Å². The van der Waals surface area contributed by atoms with Gasteiger partial charge in [-0.05, 0) is 29.5 Å². The highest BCUT2D eigenvalue weighted by molar-refractivity contribution is 14.0. The Kier molecular flexibility index (Phi) is 9.93. The SMILES string of the molecule is CN=C(NCC(C)(C)CCS(C)(=O)=O)N(C)Cc1cccc(F)c1.I. The van der Waals surface area contributed by atoms with Gasteiger partial charge >= 0.3 is 0 Å². The van der Waals surface area contributed by atoms with Crippen LogP contribution < -0.4 is 5.32 Å². The van der Waals surface area contributed by atoms with Gasteiger partial charge in [-0.25, -0.2) is 12.8 Å². The molecule has 1 rings (SSSR count). The number of hydrogen-bond donors (Lipinski definition) is 1. The molecule has 1 aromatic rings. The zero-order chi connectivity index (χ0) is 18.4. The lowest BCUT2D eigenvalue weighted by atomic mass is 9.90. The van der Waals surface area contributed by atoms with Crippen LogP contribution in [0.2, 0.25) is 0 Å². The Morgan fingerprint density at radius 1 is 1.36 bits per heavy atom. The molecule has 0 aliphatic carbocycles. The highest BCUT2D eigenvalue weighted by Crippen LogP contribution is 2.20. The summed E-state index contributed by atoms with van der Waals surface area (Å²) in [7, 11) is 0.601. The molecule has 0 aromatic heterocycles. The Labute approximate surface area is 168 Å². The number of nitrogens with zero attached hydrogens (tertiary/aromatic N) is 2. The molecule has 5 nitrogen and oxygen atoms in total. The second-order valence-electron chi connectivity index (χ2n) is 6.93. The minimum absolute atomic E-state index is 0. The van der Waals surface area contributed by atoms with Crippen molar-refractivity contribution < 1.29 is 12.8 Å². The number of nitrogens with one attached hydrogen (secondary N) is 1. The fourth-order valence-corrected chi connectivity index (χ4v) is 3.16. The molecule has 0 fully saturated rings. The number of aliphatic imine (C=N–C) groups is 1. The van der Waals surface area contributed by atoms with E-state index in [0.717, 1.165) is 5.56 Å². The van der Waals surface area contributed by atoms with Gasteiger partial charge in [-0.15, -0.1) is 24.0 Å². The van der Waals surface area contributed by atoms with E-state index in [-0.39, 0.29) is 41.0 Å². The van der Waals surface area contributed by atoms with Crippen molar-refractivity contribution in [1.82, 2.24) is 10.2 Å². The van der Waals surface area contributed by atoms with Crippen LogP contribution in [0.5, 0.6) is 0 Å². The molecule has 0 saturated carbocycles. The zero-order valence-electron chi connectivity index (χ0n) is 15.5. The van der Waals surface area contributed by atoms with Crippen LogP contribution in [0, 0.1) is 11.2 Å². The number of guanidine groups is 1. The Balaban J connectivity index is 0.00000576. The van der Waals surface area contributed by atoms with Crippen LogP contribution in [0.4, 0.5) is 4.39 Å². The van der Waals surface area contributed by atoms with E-state index >= 15 is 0 Å². The summed E-state index contributed by atoms with van der Waals surface area (Å²) in [5.41, 5.74) is 0.676. The van der Waals surface area contributed by atoms with E-state index in [1.54, 1.807) is 13.1 Å². The first-order chi connectivity index (χ1) is 11.0. The molecule has 0 amide bonds. The summed E-state index contributed by atoms with van der Waals surface area (Å²) in [6.07, 6.45) is 1.83. The molecule has 0 unspecified atom stereocenters. The molecule has 0 aliphatic heterocycles. The number of hydrogen-bond acceptors (Lipinski definition) is 3. The summed E-state index contributed by atoms with van der Waals surface area (Å²) >= 11 is 0. The third-order valence-corrected chi connectivity index (χ3v) is 4.70. The lowest BCUT2D eigenvalue weighted by Crippen LogP contribution is -2.43. The van der Waals surface area contributed by atoms with Crippen LogP contribution in [-0.2, 0) is 16.4 Å². The largest absolute Gasteiger partial charge is 0.356 e. The van der Waals surface area contributed by atoms with E-state index < -0.39 is 9.84 Å². The number of rotatable bonds is 7. The highest BCUT2D eigenvalue weighted by Gasteiger charge is 2.21. The van der Waals surface area contributed by atoms with Crippen LogP contribution in [0.3, 0.4) is 0 Å². The average Bonchev–Trinajstić information content (AvgIpc) is 2.45. The first-order valence-corrected chi connectivity index (χ1v) is 9.92. The molecule has 144 valence electrons. The highest BCUT2D eigenvalue weighted by atomic mass is 127. The van der Waals surface area contributed by atoms with E-state index in [4.69, 9.17) is 0 Å². The monoisotopic (exact) mass is 485 g/mol. The maximum absolute atomic E-state index is 13.3. The molecule has 0 saturated heterocycles. The topological polar surface area (TPSA) is 61.8 Å². The van der Waals surface area contributed by atoms with Gasteiger partial charge in [0.1, 0.15) is 15.7 Å². The van der Waals surface area contributed by atoms with Crippen molar-refractivity contribution in [2.75, 3.05) is 32.6 Å². The van der Waals surface area contributed by atoms with Gasteiger partial charge in [0.05, 0.1) is 5.75 Å². The van der Waals surface area contributed by atoms with E-state index in [1.165, 1.54) is 18.4 Å². The molecule has 0 radical (unpaired) electrons. The lowest BCUT2D eigenvalue weighted by Gasteiger charge is -2.28. The van der Waals surface area contributed by atoms with Crippen molar-refractivity contribution in [3.8, 4) is 0 Å². The normalized spacial score (nSPS) is 12.5. The van der Waals surface area contributed by atoms with Gasteiger partial charge in [0, 0.05) is 33.4 Å². The molecule has 0 spiro atoms. The van der Waals surface area contributed by atoms with Gasteiger partial charge in [-0.2, -0.15) is 0 Å². The fraction of sp³-hybridized carbons (Fsp3) is 0.588. The van der Waals surface area contributed by atoms with Crippen LogP contribution in [0.15, 0.2) is 29.3 Å². The molecular weight excluding hydrogens is 456 g/mol. The molecule has 0 atom stereocenters. The van der Waals surface area contributed by atoms with Crippen LogP contribution in [0.1, 0.15) is 25.8 Å². The van der Waals surface area contributed by atoms with Crippen molar-refractivity contribution in [2.24, 2.45) is 10.4 Å². The molecule has 0 bridgehead atoms.